The molecule has 1 aliphatic carbocycles. The SMILES string of the molecule is NNC(Cc1ccc(OC(F)(F)F)cc1)CC1CCCC1. The third-order valence-corrected chi connectivity index (χ3v) is 3.97. The molecule has 21 heavy (non-hydrogen) atoms. The number of benzene rings is 1. The lowest BCUT2D eigenvalue weighted by Crippen LogP contribution is -2.38. The third-order valence-electron chi connectivity index (χ3n) is 3.97. The summed E-state index contributed by atoms with van der Waals surface area (Å²) >= 11 is 0. The van der Waals surface area contributed by atoms with Gasteiger partial charge in [-0.2, -0.15) is 0 Å². The smallest absolute Gasteiger partial charge is 0.406 e. The summed E-state index contributed by atoms with van der Waals surface area (Å²) in [7, 11) is 0. The molecule has 0 heterocycles. The molecular formula is C15H21F3N2O. The van der Waals surface area contributed by atoms with Crippen molar-refractivity contribution >= 4 is 0 Å². The van der Waals surface area contributed by atoms with Gasteiger partial charge < -0.3 is 4.74 Å². The van der Waals surface area contributed by atoms with Gasteiger partial charge in [-0.05, 0) is 36.5 Å². The zero-order valence-corrected chi connectivity index (χ0v) is 11.8. The number of nitrogens with one attached hydrogen (secondary N) is 1. The number of hydrogen-bond donors (Lipinski definition) is 2. The van der Waals surface area contributed by atoms with Crippen molar-refractivity contribution < 1.29 is 17.9 Å². The standard InChI is InChI=1S/C15H21F3N2O/c16-15(17,18)21-14-7-5-12(6-8-14)10-13(20-19)9-11-3-1-2-4-11/h5-8,11,13,20H,1-4,9-10,19H2. The van der Waals surface area contributed by atoms with E-state index in [-0.39, 0.29) is 11.8 Å². The van der Waals surface area contributed by atoms with E-state index < -0.39 is 6.36 Å². The van der Waals surface area contributed by atoms with Crippen LogP contribution in [0.5, 0.6) is 5.75 Å². The molecule has 1 unspecified atom stereocenters. The van der Waals surface area contributed by atoms with E-state index in [0.717, 1.165) is 12.0 Å². The maximum absolute atomic E-state index is 12.1. The number of ether oxygens (including phenoxy) is 1. The average Bonchev–Trinajstić information content (AvgIpc) is 2.91. The van der Waals surface area contributed by atoms with Gasteiger partial charge >= 0.3 is 6.36 Å². The van der Waals surface area contributed by atoms with E-state index in [1.54, 1.807) is 12.1 Å². The summed E-state index contributed by atoms with van der Waals surface area (Å²) in [5.74, 6) is 6.10. The van der Waals surface area contributed by atoms with Gasteiger partial charge in [-0.1, -0.05) is 37.8 Å². The molecule has 2 rings (SSSR count). The molecule has 1 atom stereocenters. The molecule has 0 aromatic heterocycles. The molecule has 1 aliphatic rings. The van der Waals surface area contributed by atoms with Crippen molar-refractivity contribution in [3.8, 4) is 5.75 Å². The summed E-state index contributed by atoms with van der Waals surface area (Å²) in [6.45, 7) is 0. The highest BCUT2D eigenvalue weighted by atomic mass is 19.4. The van der Waals surface area contributed by atoms with Gasteiger partial charge in [-0.15, -0.1) is 13.2 Å². The van der Waals surface area contributed by atoms with Crippen LogP contribution in [0.1, 0.15) is 37.7 Å². The minimum absolute atomic E-state index is 0.155. The molecule has 3 nitrogen and oxygen atoms in total. The van der Waals surface area contributed by atoms with Crippen molar-refractivity contribution in [3.05, 3.63) is 29.8 Å². The van der Waals surface area contributed by atoms with E-state index in [1.165, 1.54) is 37.8 Å². The predicted molar refractivity (Wildman–Crippen MR) is 74.5 cm³/mol. The molecule has 0 spiro atoms. The molecule has 1 aromatic carbocycles. The average molecular weight is 302 g/mol. The van der Waals surface area contributed by atoms with Crippen LogP contribution in [0.15, 0.2) is 24.3 Å². The molecule has 1 saturated carbocycles. The zero-order valence-electron chi connectivity index (χ0n) is 11.8. The molecule has 1 fully saturated rings. The molecule has 1 aromatic rings. The largest absolute Gasteiger partial charge is 0.573 e. The Kier molecular flexibility index (Phi) is 5.47. The second-order valence-electron chi connectivity index (χ2n) is 5.65. The van der Waals surface area contributed by atoms with Crippen molar-refractivity contribution in [3.63, 3.8) is 0 Å². The Labute approximate surface area is 122 Å². The van der Waals surface area contributed by atoms with Gasteiger partial charge in [0.1, 0.15) is 5.75 Å². The molecular weight excluding hydrogens is 281 g/mol. The summed E-state index contributed by atoms with van der Waals surface area (Å²) in [5, 5.41) is 0. The molecule has 0 bridgehead atoms. The summed E-state index contributed by atoms with van der Waals surface area (Å²) in [5.41, 5.74) is 3.77. The van der Waals surface area contributed by atoms with Crippen molar-refractivity contribution in [1.29, 1.82) is 0 Å². The highest BCUT2D eigenvalue weighted by Gasteiger charge is 2.31. The summed E-state index contributed by atoms with van der Waals surface area (Å²) in [6.07, 6.45) is 2.13. The number of halogens is 3. The Morgan fingerprint density at radius 3 is 2.33 bits per heavy atom. The first-order chi connectivity index (χ1) is 9.96. The summed E-state index contributed by atoms with van der Waals surface area (Å²) in [6, 6.07) is 6.14. The zero-order chi connectivity index (χ0) is 15.3. The number of hydrazine groups is 1. The van der Waals surface area contributed by atoms with Crippen LogP contribution in [0.2, 0.25) is 0 Å². The van der Waals surface area contributed by atoms with E-state index in [2.05, 4.69) is 10.2 Å². The van der Waals surface area contributed by atoms with Crippen LogP contribution in [-0.4, -0.2) is 12.4 Å². The number of alkyl halides is 3. The quantitative estimate of drug-likeness (QED) is 0.624. The number of nitrogens with two attached hydrogens (primary N) is 1. The monoisotopic (exact) mass is 302 g/mol. The summed E-state index contributed by atoms with van der Waals surface area (Å²) < 4.78 is 40.1. The van der Waals surface area contributed by atoms with Crippen molar-refractivity contribution in [1.82, 2.24) is 5.43 Å². The Morgan fingerprint density at radius 1 is 1.19 bits per heavy atom. The first kappa shape index (κ1) is 16.1. The van der Waals surface area contributed by atoms with E-state index in [4.69, 9.17) is 5.84 Å². The van der Waals surface area contributed by atoms with Crippen LogP contribution in [0.25, 0.3) is 0 Å². The highest BCUT2D eigenvalue weighted by Crippen LogP contribution is 2.29. The van der Waals surface area contributed by atoms with Gasteiger partial charge in [-0.25, -0.2) is 0 Å². The topological polar surface area (TPSA) is 47.3 Å². The fourth-order valence-corrected chi connectivity index (χ4v) is 2.97. The first-order valence-electron chi connectivity index (χ1n) is 7.27. The lowest BCUT2D eigenvalue weighted by Gasteiger charge is -2.20. The maximum atomic E-state index is 12.1. The maximum Gasteiger partial charge on any atom is 0.573 e. The first-order valence-corrected chi connectivity index (χ1v) is 7.27. The molecule has 0 aliphatic heterocycles. The van der Waals surface area contributed by atoms with Crippen LogP contribution in [0, 0.1) is 5.92 Å². The number of hydrogen-bond acceptors (Lipinski definition) is 3. The predicted octanol–water partition coefficient (Wildman–Crippen LogP) is 3.54. The minimum Gasteiger partial charge on any atom is -0.406 e. The molecule has 0 amide bonds. The number of rotatable bonds is 6. The van der Waals surface area contributed by atoms with E-state index in [0.29, 0.717) is 12.3 Å². The second kappa shape index (κ2) is 7.13. The lowest BCUT2D eigenvalue weighted by molar-refractivity contribution is -0.274. The van der Waals surface area contributed by atoms with E-state index >= 15 is 0 Å². The van der Waals surface area contributed by atoms with Crippen LogP contribution < -0.4 is 16.0 Å². The van der Waals surface area contributed by atoms with Gasteiger partial charge in [0, 0.05) is 6.04 Å². The Bertz CT molecular complexity index is 428. The fraction of sp³-hybridized carbons (Fsp3) is 0.600. The normalized spacial score (nSPS) is 17.9. The van der Waals surface area contributed by atoms with Crippen molar-refractivity contribution in [2.75, 3.05) is 0 Å². The van der Waals surface area contributed by atoms with Gasteiger partial charge in [0.05, 0.1) is 0 Å². The Balaban J connectivity index is 1.88. The van der Waals surface area contributed by atoms with Gasteiger partial charge in [-0.3, -0.25) is 11.3 Å². The molecule has 0 radical (unpaired) electrons. The molecule has 118 valence electrons. The molecule has 0 saturated heterocycles. The van der Waals surface area contributed by atoms with Crippen LogP contribution in [-0.2, 0) is 6.42 Å². The minimum atomic E-state index is -4.65. The van der Waals surface area contributed by atoms with Crippen LogP contribution >= 0.6 is 0 Å². The Morgan fingerprint density at radius 2 is 1.81 bits per heavy atom. The van der Waals surface area contributed by atoms with Gasteiger partial charge in [0.2, 0.25) is 0 Å². The van der Waals surface area contributed by atoms with Gasteiger partial charge in [0.25, 0.3) is 0 Å². The van der Waals surface area contributed by atoms with Crippen molar-refractivity contribution in [2.24, 2.45) is 11.8 Å². The van der Waals surface area contributed by atoms with Crippen molar-refractivity contribution in [2.45, 2.75) is 50.9 Å². The lowest BCUT2D eigenvalue weighted by atomic mass is 9.94. The van der Waals surface area contributed by atoms with Gasteiger partial charge in [0.15, 0.2) is 0 Å². The molecule has 6 heteroatoms. The van der Waals surface area contributed by atoms with E-state index in [9.17, 15) is 13.2 Å². The highest BCUT2D eigenvalue weighted by molar-refractivity contribution is 5.28. The van der Waals surface area contributed by atoms with Crippen LogP contribution in [0.4, 0.5) is 13.2 Å². The fourth-order valence-electron chi connectivity index (χ4n) is 2.97. The summed E-state index contributed by atoms with van der Waals surface area (Å²) in [4.78, 5) is 0. The third kappa shape index (κ3) is 5.55. The molecule has 3 N–H and O–H groups in total. The van der Waals surface area contributed by atoms with E-state index in [1.807, 2.05) is 0 Å². The second-order valence-corrected chi connectivity index (χ2v) is 5.65. The van der Waals surface area contributed by atoms with Crippen LogP contribution in [0.3, 0.4) is 0 Å². The Hall–Kier alpha value is -1.27.